The first-order valence-corrected chi connectivity index (χ1v) is 10.4. The van der Waals surface area contributed by atoms with Crippen molar-refractivity contribution in [2.75, 3.05) is 19.8 Å². The van der Waals surface area contributed by atoms with Crippen LogP contribution in [0.4, 0.5) is 0 Å². The van der Waals surface area contributed by atoms with Crippen molar-refractivity contribution in [1.29, 1.82) is 0 Å². The highest BCUT2D eigenvalue weighted by atomic mass is 16.5. The maximum atomic E-state index is 12.1. The van der Waals surface area contributed by atoms with Crippen LogP contribution in [0.3, 0.4) is 0 Å². The zero-order valence-corrected chi connectivity index (χ0v) is 17.1. The molecule has 3 N–H and O–H groups in total. The molecule has 1 aromatic carbocycles. The minimum atomic E-state index is -1.00. The van der Waals surface area contributed by atoms with Gasteiger partial charge in [0, 0.05) is 0 Å². The number of benzene rings is 1. The highest BCUT2D eigenvalue weighted by Crippen LogP contribution is 2.33. The smallest absolute Gasteiger partial charge is 0.383 e. The van der Waals surface area contributed by atoms with Gasteiger partial charge in [-0.05, 0) is 24.6 Å². The second-order valence-corrected chi connectivity index (χ2v) is 7.20. The molecule has 0 saturated carbocycles. The maximum absolute atomic E-state index is 12.1. The third-order valence-electron chi connectivity index (χ3n) is 4.71. The van der Waals surface area contributed by atoms with Gasteiger partial charge in [0.2, 0.25) is 5.75 Å². The number of ether oxygens (including phenoxy) is 2. The van der Waals surface area contributed by atoms with E-state index in [9.17, 15) is 15.0 Å². The minimum Gasteiger partial charge on any atom is -0.504 e. The third-order valence-corrected chi connectivity index (χ3v) is 4.71. The predicted molar refractivity (Wildman–Crippen MR) is 111 cm³/mol. The topological polar surface area (TPSA) is 109 Å². The van der Waals surface area contributed by atoms with Gasteiger partial charge in [-0.2, -0.15) is 0 Å². The molecule has 1 heterocycles. The summed E-state index contributed by atoms with van der Waals surface area (Å²) in [6.07, 6.45) is 8.21. The molecule has 0 fully saturated rings. The Hall–Kier alpha value is -2.25. The van der Waals surface area contributed by atoms with Gasteiger partial charge < -0.3 is 29.2 Å². The van der Waals surface area contributed by atoms with Crippen LogP contribution in [0.15, 0.2) is 27.4 Å². The van der Waals surface area contributed by atoms with Crippen molar-refractivity contribution in [2.45, 2.75) is 64.4 Å². The Balaban J connectivity index is 1.92. The fourth-order valence-electron chi connectivity index (χ4n) is 3.02. The molecule has 2 aromatic rings. The third kappa shape index (κ3) is 7.25. The lowest BCUT2D eigenvalue weighted by atomic mass is 10.1. The van der Waals surface area contributed by atoms with E-state index >= 15 is 0 Å². The Morgan fingerprint density at radius 2 is 1.72 bits per heavy atom. The van der Waals surface area contributed by atoms with Gasteiger partial charge in [0.1, 0.15) is 24.0 Å². The van der Waals surface area contributed by atoms with Gasteiger partial charge in [-0.15, -0.1) is 0 Å². The van der Waals surface area contributed by atoms with Crippen molar-refractivity contribution in [3.63, 3.8) is 0 Å². The van der Waals surface area contributed by atoms with Gasteiger partial charge in [-0.3, -0.25) is 0 Å². The first kappa shape index (κ1) is 23.0. The number of aromatic hydroxyl groups is 1. The molecule has 0 aliphatic heterocycles. The van der Waals surface area contributed by atoms with E-state index in [-0.39, 0.29) is 29.1 Å². The molecular formula is C22H32O7. The fraction of sp³-hybridized carbons (Fsp3) is 0.591. The van der Waals surface area contributed by atoms with Crippen molar-refractivity contribution in [1.82, 2.24) is 0 Å². The van der Waals surface area contributed by atoms with Crippen LogP contribution >= 0.6 is 0 Å². The largest absolute Gasteiger partial charge is 0.504 e. The molecule has 0 aliphatic rings. The zero-order chi connectivity index (χ0) is 21.1. The second-order valence-electron chi connectivity index (χ2n) is 7.20. The minimum absolute atomic E-state index is 0.0959. The molecule has 162 valence electrons. The van der Waals surface area contributed by atoms with Gasteiger partial charge in [0.15, 0.2) is 5.75 Å². The SMILES string of the molecule is CCCCCCCCCCOc1c(O)c2cc(OCC(O)CO)ccc2oc1=O. The van der Waals surface area contributed by atoms with Gasteiger partial charge in [-0.1, -0.05) is 51.9 Å². The molecule has 7 heteroatoms. The predicted octanol–water partition coefficient (Wildman–Crippen LogP) is 3.75. The van der Waals surface area contributed by atoms with E-state index < -0.39 is 18.3 Å². The van der Waals surface area contributed by atoms with E-state index in [0.29, 0.717) is 12.4 Å². The highest BCUT2D eigenvalue weighted by Gasteiger charge is 2.16. The monoisotopic (exact) mass is 408 g/mol. The molecule has 1 atom stereocenters. The van der Waals surface area contributed by atoms with Gasteiger partial charge >= 0.3 is 5.63 Å². The van der Waals surface area contributed by atoms with Crippen molar-refractivity contribution in [2.24, 2.45) is 0 Å². The molecule has 2 rings (SSSR count). The standard InChI is InChI=1S/C22H32O7/c1-2-3-4-5-6-7-8-9-12-27-21-20(25)18-13-17(28-15-16(24)14-23)10-11-19(18)29-22(21)26/h10-11,13,16,23-25H,2-9,12,14-15H2,1H3. The second kappa shape index (κ2) is 12.3. The van der Waals surface area contributed by atoms with Crippen LogP contribution in [0.1, 0.15) is 58.3 Å². The van der Waals surface area contributed by atoms with E-state index in [4.69, 9.17) is 19.0 Å². The number of hydrogen-bond donors (Lipinski definition) is 3. The average molecular weight is 408 g/mol. The molecule has 1 unspecified atom stereocenters. The first-order chi connectivity index (χ1) is 14.1. The number of fused-ring (bicyclic) bond motifs is 1. The maximum Gasteiger partial charge on any atom is 0.383 e. The quantitative estimate of drug-likeness (QED) is 0.323. The molecule has 0 aliphatic carbocycles. The highest BCUT2D eigenvalue weighted by molar-refractivity contribution is 5.86. The summed E-state index contributed by atoms with van der Waals surface area (Å²) in [6.45, 7) is 2.02. The lowest BCUT2D eigenvalue weighted by Crippen LogP contribution is -2.21. The number of rotatable bonds is 14. The van der Waals surface area contributed by atoms with Crippen LogP contribution < -0.4 is 15.1 Å². The van der Waals surface area contributed by atoms with Crippen LogP contribution in [0.2, 0.25) is 0 Å². The van der Waals surface area contributed by atoms with Crippen molar-refractivity contribution in [3.8, 4) is 17.2 Å². The van der Waals surface area contributed by atoms with E-state index in [2.05, 4.69) is 6.92 Å². The Kier molecular flexibility index (Phi) is 9.80. The van der Waals surface area contributed by atoms with Crippen LogP contribution in [0, 0.1) is 0 Å². The van der Waals surface area contributed by atoms with E-state index in [0.717, 1.165) is 19.3 Å². The van der Waals surface area contributed by atoms with Crippen molar-refractivity contribution in [3.05, 3.63) is 28.6 Å². The average Bonchev–Trinajstić information content (AvgIpc) is 2.73. The molecule has 0 amide bonds. The summed E-state index contributed by atoms with van der Waals surface area (Å²) < 4.78 is 16.1. The van der Waals surface area contributed by atoms with Crippen LogP contribution in [-0.4, -0.2) is 41.2 Å². The lowest BCUT2D eigenvalue weighted by molar-refractivity contribution is 0.0536. The normalized spacial score (nSPS) is 12.2. The van der Waals surface area contributed by atoms with Gasteiger partial charge in [0.25, 0.3) is 0 Å². The molecule has 0 saturated heterocycles. The summed E-state index contributed by atoms with van der Waals surface area (Å²) in [5.41, 5.74) is -0.513. The first-order valence-electron chi connectivity index (χ1n) is 10.4. The summed E-state index contributed by atoms with van der Waals surface area (Å²) in [5, 5.41) is 29.0. The molecule has 1 aromatic heterocycles. The molecular weight excluding hydrogens is 376 g/mol. The Bertz CT molecular complexity index is 800. The van der Waals surface area contributed by atoms with Crippen LogP contribution in [0.25, 0.3) is 11.0 Å². The molecule has 29 heavy (non-hydrogen) atoms. The summed E-state index contributed by atoms with van der Waals surface area (Å²) in [6, 6.07) is 4.55. The summed E-state index contributed by atoms with van der Waals surface area (Å²) in [4.78, 5) is 12.1. The Morgan fingerprint density at radius 3 is 2.41 bits per heavy atom. The zero-order valence-electron chi connectivity index (χ0n) is 17.1. The Labute approximate surface area is 170 Å². The molecule has 0 bridgehead atoms. The molecule has 0 spiro atoms. The summed E-state index contributed by atoms with van der Waals surface area (Å²) in [7, 11) is 0. The Morgan fingerprint density at radius 1 is 1.03 bits per heavy atom. The van der Waals surface area contributed by atoms with Gasteiger partial charge in [0.05, 0.1) is 18.6 Å². The van der Waals surface area contributed by atoms with Crippen LogP contribution in [-0.2, 0) is 0 Å². The molecule has 0 radical (unpaired) electrons. The van der Waals surface area contributed by atoms with Crippen LogP contribution in [0.5, 0.6) is 17.2 Å². The number of hydrogen-bond acceptors (Lipinski definition) is 7. The fourth-order valence-corrected chi connectivity index (χ4v) is 3.02. The number of aliphatic hydroxyl groups excluding tert-OH is 2. The lowest BCUT2D eigenvalue weighted by Gasteiger charge is -2.12. The number of aliphatic hydroxyl groups is 2. The van der Waals surface area contributed by atoms with E-state index in [1.165, 1.54) is 44.2 Å². The number of unbranched alkanes of at least 4 members (excludes halogenated alkanes) is 7. The van der Waals surface area contributed by atoms with E-state index in [1.54, 1.807) is 6.07 Å². The summed E-state index contributed by atoms with van der Waals surface area (Å²) >= 11 is 0. The van der Waals surface area contributed by atoms with Crippen molar-refractivity contribution < 1.29 is 29.2 Å². The van der Waals surface area contributed by atoms with Gasteiger partial charge in [-0.25, -0.2) is 4.79 Å². The molecule has 7 nitrogen and oxygen atoms in total. The van der Waals surface area contributed by atoms with Crippen molar-refractivity contribution >= 4 is 11.0 Å². The van der Waals surface area contributed by atoms with E-state index in [1.807, 2.05) is 0 Å². The summed E-state index contributed by atoms with van der Waals surface area (Å²) in [5.74, 6) is -0.125.